The van der Waals surface area contributed by atoms with Crippen LogP contribution in [0.15, 0.2) is 0 Å². The summed E-state index contributed by atoms with van der Waals surface area (Å²) in [6.45, 7) is 0. The molecule has 0 heteroatoms. The van der Waals surface area contributed by atoms with Gasteiger partial charge in [0.1, 0.15) is 0 Å². The second kappa shape index (κ2) is 4.47. The summed E-state index contributed by atoms with van der Waals surface area (Å²) in [7, 11) is 0. The van der Waals surface area contributed by atoms with Crippen molar-refractivity contribution in [3.8, 4) is 0 Å². The van der Waals surface area contributed by atoms with Crippen molar-refractivity contribution < 1.29 is 0 Å². The standard InChI is InChI=1S/C8H14.C7H12/c1-2-8-5-3-7(1)4-6-8;1-2-7-4-3-6(1)5-7/h7-8H,1-6H2;6-7H,1-5H2. The molecule has 0 nitrogen and oxygen atoms in total. The molecule has 0 amide bonds. The summed E-state index contributed by atoms with van der Waals surface area (Å²) in [6, 6.07) is 0. The average Bonchev–Trinajstić information content (AvgIpc) is 2.97. The van der Waals surface area contributed by atoms with Crippen molar-refractivity contribution in [3.05, 3.63) is 0 Å². The molecule has 5 fully saturated rings. The average molecular weight is 206 g/mol. The highest BCUT2D eigenvalue weighted by atomic mass is 14.4. The van der Waals surface area contributed by atoms with E-state index in [0.717, 1.165) is 11.8 Å². The molecule has 5 aliphatic carbocycles. The van der Waals surface area contributed by atoms with E-state index in [1.165, 1.54) is 11.8 Å². The molecule has 0 heterocycles. The third-order valence-electron chi connectivity index (χ3n) is 5.58. The number of hydrogen-bond donors (Lipinski definition) is 0. The predicted molar refractivity (Wildman–Crippen MR) is 64.7 cm³/mol. The molecule has 15 heavy (non-hydrogen) atoms. The molecule has 5 rings (SSSR count). The van der Waals surface area contributed by atoms with E-state index in [4.69, 9.17) is 0 Å². The van der Waals surface area contributed by atoms with E-state index in [1.54, 1.807) is 70.6 Å². The second-order valence-electron chi connectivity index (χ2n) is 6.59. The summed E-state index contributed by atoms with van der Waals surface area (Å²) >= 11 is 0. The van der Waals surface area contributed by atoms with E-state index in [2.05, 4.69) is 0 Å². The van der Waals surface area contributed by atoms with E-state index < -0.39 is 0 Å². The first-order chi connectivity index (χ1) is 7.40. The lowest BCUT2D eigenvalue weighted by molar-refractivity contribution is 0.176. The van der Waals surface area contributed by atoms with E-state index in [-0.39, 0.29) is 0 Å². The zero-order chi connectivity index (χ0) is 10.1. The molecule has 4 bridgehead atoms. The molecule has 0 aliphatic heterocycles. The highest BCUT2D eigenvalue weighted by molar-refractivity contribution is 4.82. The van der Waals surface area contributed by atoms with Crippen molar-refractivity contribution in [2.24, 2.45) is 23.7 Å². The largest absolute Gasteiger partial charge is 0.0502 e. The number of fused-ring (bicyclic) bond motifs is 5. The SMILES string of the molecule is C1CC2CCC1C2.C1CC2CCC1CC2. The van der Waals surface area contributed by atoms with Crippen molar-refractivity contribution >= 4 is 0 Å². The van der Waals surface area contributed by atoms with Gasteiger partial charge in [0.2, 0.25) is 0 Å². The highest BCUT2D eigenvalue weighted by Crippen LogP contribution is 2.44. The molecule has 0 aromatic rings. The Labute approximate surface area is 94.8 Å². The maximum Gasteiger partial charge on any atom is -0.0411 e. The summed E-state index contributed by atoms with van der Waals surface area (Å²) in [5, 5.41) is 0. The summed E-state index contributed by atoms with van der Waals surface area (Å²) in [5.41, 5.74) is 0. The van der Waals surface area contributed by atoms with Gasteiger partial charge in [-0.3, -0.25) is 0 Å². The second-order valence-corrected chi connectivity index (χ2v) is 6.59. The summed E-state index contributed by atoms with van der Waals surface area (Å²) in [6.07, 6.45) is 17.2. The number of rotatable bonds is 0. The molecule has 0 aromatic carbocycles. The zero-order valence-corrected chi connectivity index (χ0v) is 10.1. The van der Waals surface area contributed by atoms with Crippen LogP contribution in [0.5, 0.6) is 0 Å². The maximum absolute atomic E-state index is 1.58. The van der Waals surface area contributed by atoms with Crippen molar-refractivity contribution in [2.45, 2.75) is 70.6 Å². The summed E-state index contributed by atoms with van der Waals surface area (Å²) < 4.78 is 0. The molecule has 0 spiro atoms. The van der Waals surface area contributed by atoms with Crippen molar-refractivity contribution in [1.82, 2.24) is 0 Å². The Morgan fingerprint density at radius 2 is 0.600 bits per heavy atom. The van der Waals surface area contributed by atoms with Gasteiger partial charge in [0, 0.05) is 0 Å². The van der Waals surface area contributed by atoms with Gasteiger partial charge in [-0.15, -0.1) is 0 Å². The topological polar surface area (TPSA) is 0 Å². The van der Waals surface area contributed by atoms with Crippen LogP contribution in [-0.4, -0.2) is 0 Å². The van der Waals surface area contributed by atoms with Gasteiger partial charge >= 0.3 is 0 Å². The first kappa shape index (κ1) is 10.2. The van der Waals surface area contributed by atoms with E-state index in [9.17, 15) is 0 Å². The van der Waals surface area contributed by atoms with Gasteiger partial charge < -0.3 is 0 Å². The van der Waals surface area contributed by atoms with Crippen LogP contribution in [0.3, 0.4) is 0 Å². The molecule has 86 valence electrons. The van der Waals surface area contributed by atoms with Crippen LogP contribution in [0, 0.1) is 23.7 Å². The van der Waals surface area contributed by atoms with Crippen LogP contribution in [0.4, 0.5) is 0 Å². The quantitative estimate of drug-likeness (QED) is 0.535. The molecule has 5 aliphatic rings. The van der Waals surface area contributed by atoms with Gasteiger partial charge in [-0.25, -0.2) is 0 Å². The molecule has 0 radical (unpaired) electrons. The van der Waals surface area contributed by atoms with Gasteiger partial charge in [0.05, 0.1) is 0 Å². The minimum atomic E-state index is 1.15. The van der Waals surface area contributed by atoms with E-state index in [1.807, 2.05) is 0 Å². The van der Waals surface area contributed by atoms with Gasteiger partial charge in [-0.05, 0) is 30.1 Å². The summed E-state index contributed by atoms with van der Waals surface area (Å²) in [4.78, 5) is 0. The van der Waals surface area contributed by atoms with Crippen molar-refractivity contribution in [1.29, 1.82) is 0 Å². The Morgan fingerprint density at radius 3 is 0.733 bits per heavy atom. The lowest BCUT2D eigenvalue weighted by Gasteiger charge is -2.35. The van der Waals surface area contributed by atoms with Crippen LogP contribution >= 0.6 is 0 Å². The first-order valence-corrected chi connectivity index (χ1v) is 7.40. The molecular weight excluding hydrogens is 180 g/mol. The van der Waals surface area contributed by atoms with Crippen LogP contribution in [0.2, 0.25) is 0 Å². The zero-order valence-electron chi connectivity index (χ0n) is 10.1. The molecule has 0 saturated heterocycles. The third kappa shape index (κ3) is 2.40. The number of hydrogen-bond acceptors (Lipinski definition) is 0. The van der Waals surface area contributed by atoms with Crippen LogP contribution in [-0.2, 0) is 0 Å². The smallest absolute Gasteiger partial charge is 0.0411 e. The fourth-order valence-corrected chi connectivity index (χ4v) is 4.45. The Kier molecular flexibility index (Phi) is 3.03. The third-order valence-corrected chi connectivity index (χ3v) is 5.58. The first-order valence-electron chi connectivity index (χ1n) is 7.40. The Hall–Kier alpha value is 0. The van der Waals surface area contributed by atoms with Crippen LogP contribution in [0.1, 0.15) is 70.6 Å². The summed E-state index contributed by atoms with van der Waals surface area (Å²) in [5.74, 6) is 4.65. The molecule has 0 unspecified atom stereocenters. The molecule has 5 saturated carbocycles. The van der Waals surface area contributed by atoms with E-state index in [0.29, 0.717) is 0 Å². The van der Waals surface area contributed by atoms with Crippen molar-refractivity contribution in [3.63, 3.8) is 0 Å². The fourth-order valence-electron chi connectivity index (χ4n) is 4.45. The van der Waals surface area contributed by atoms with Gasteiger partial charge in [0.25, 0.3) is 0 Å². The van der Waals surface area contributed by atoms with Gasteiger partial charge in [0.15, 0.2) is 0 Å². The minimum Gasteiger partial charge on any atom is -0.0502 e. The Bertz CT molecular complexity index is 159. The maximum atomic E-state index is 1.58. The van der Waals surface area contributed by atoms with Gasteiger partial charge in [-0.2, -0.15) is 0 Å². The molecule has 0 atom stereocenters. The fraction of sp³-hybridized carbons (Fsp3) is 1.00. The molecular formula is C15H26. The monoisotopic (exact) mass is 206 g/mol. The lowest BCUT2D eigenvalue weighted by Crippen LogP contribution is -2.21. The van der Waals surface area contributed by atoms with Crippen LogP contribution < -0.4 is 0 Å². The molecule has 0 N–H and O–H groups in total. The highest BCUT2D eigenvalue weighted by Gasteiger charge is 2.30. The Morgan fingerprint density at radius 1 is 0.333 bits per heavy atom. The van der Waals surface area contributed by atoms with Crippen molar-refractivity contribution in [2.75, 3.05) is 0 Å². The van der Waals surface area contributed by atoms with E-state index >= 15 is 0 Å². The Balaban J connectivity index is 0.0000000971. The minimum absolute atomic E-state index is 1.15. The van der Waals surface area contributed by atoms with Gasteiger partial charge in [-0.1, -0.05) is 64.2 Å². The normalized spacial score (nSPS) is 46.4. The predicted octanol–water partition coefficient (Wildman–Crippen LogP) is 4.78. The lowest BCUT2D eigenvalue weighted by atomic mass is 9.71. The molecule has 0 aromatic heterocycles. The van der Waals surface area contributed by atoms with Crippen LogP contribution in [0.25, 0.3) is 0 Å².